The molecule has 0 unspecified atom stereocenters. The van der Waals surface area contributed by atoms with E-state index in [2.05, 4.69) is 59.3 Å². The number of aromatic nitrogens is 2. The highest BCUT2D eigenvalue weighted by Crippen LogP contribution is 2.19. The van der Waals surface area contributed by atoms with Gasteiger partial charge in [-0.15, -0.1) is 0 Å². The summed E-state index contributed by atoms with van der Waals surface area (Å²) in [4.78, 5) is 17.2. The number of nitrogens with zero attached hydrogens (tertiary/aromatic N) is 2. The van der Waals surface area contributed by atoms with E-state index in [4.69, 9.17) is 9.72 Å². The Morgan fingerprint density at radius 1 is 0.969 bits per heavy atom. The largest absolute Gasteiger partial charge is 0.497 e. The molecule has 0 fully saturated rings. The molecule has 164 valence electrons. The number of methoxy groups -OCH3 is 1. The van der Waals surface area contributed by atoms with Crippen molar-refractivity contribution in [3.8, 4) is 5.75 Å². The zero-order chi connectivity index (χ0) is 22.3. The van der Waals surface area contributed by atoms with Gasteiger partial charge in [0.15, 0.2) is 0 Å². The lowest BCUT2D eigenvalue weighted by Crippen LogP contribution is -2.26. The highest BCUT2D eigenvalue weighted by atomic mass is 16.5. The van der Waals surface area contributed by atoms with Gasteiger partial charge in [0.1, 0.15) is 11.6 Å². The summed E-state index contributed by atoms with van der Waals surface area (Å²) in [5, 5.41) is 3.03. The summed E-state index contributed by atoms with van der Waals surface area (Å²) >= 11 is 0. The number of fused-ring (bicyclic) bond motifs is 1. The minimum absolute atomic E-state index is 0.0309. The molecule has 0 aliphatic carbocycles. The number of amides is 1. The van der Waals surface area contributed by atoms with Gasteiger partial charge in [-0.3, -0.25) is 4.79 Å². The minimum Gasteiger partial charge on any atom is -0.497 e. The average Bonchev–Trinajstić information content (AvgIpc) is 3.16. The number of hydrogen-bond acceptors (Lipinski definition) is 3. The number of rotatable bonds is 9. The predicted molar refractivity (Wildman–Crippen MR) is 128 cm³/mol. The van der Waals surface area contributed by atoms with Crippen LogP contribution in [0.2, 0.25) is 0 Å². The first-order valence-corrected chi connectivity index (χ1v) is 11.0. The summed E-state index contributed by atoms with van der Waals surface area (Å²) in [6.07, 6.45) is 2.02. The molecule has 0 saturated carbocycles. The summed E-state index contributed by atoms with van der Waals surface area (Å²) in [7, 11) is 1.64. The fourth-order valence-corrected chi connectivity index (χ4v) is 3.83. The van der Waals surface area contributed by atoms with E-state index in [0.29, 0.717) is 13.0 Å². The Balaban J connectivity index is 1.36. The van der Waals surface area contributed by atoms with Crippen molar-refractivity contribution in [3.05, 3.63) is 95.3 Å². The number of nitrogens with one attached hydrogen (secondary N) is 1. The zero-order valence-corrected chi connectivity index (χ0v) is 18.7. The number of aryl methyl sites for hydroxylation is 2. The van der Waals surface area contributed by atoms with Gasteiger partial charge >= 0.3 is 0 Å². The maximum Gasteiger partial charge on any atom is 0.224 e. The van der Waals surface area contributed by atoms with Gasteiger partial charge in [-0.25, -0.2) is 4.98 Å². The third kappa shape index (κ3) is 5.35. The molecule has 5 nitrogen and oxygen atoms in total. The van der Waals surface area contributed by atoms with E-state index in [1.54, 1.807) is 7.11 Å². The van der Waals surface area contributed by atoms with Gasteiger partial charge in [0.25, 0.3) is 0 Å². The Morgan fingerprint density at radius 2 is 1.69 bits per heavy atom. The van der Waals surface area contributed by atoms with Crippen LogP contribution in [0, 0.1) is 6.92 Å². The lowest BCUT2D eigenvalue weighted by Gasteiger charge is -2.10. The standard InChI is InChI=1S/C27H29N3O2/c1-20-9-11-22(12-10-20)19-30-25-7-4-3-6-24(25)29-26(30)8-5-17-28-27(31)18-21-13-15-23(32-2)16-14-21/h3-4,6-7,9-16H,5,8,17-19H2,1-2H3,(H,28,31). The SMILES string of the molecule is COc1ccc(CC(=O)NCCCc2nc3ccccc3n2Cc2ccc(C)cc2)cc1. The fourth-order valence-electron chi connectivity index (χ4n) is 3.83. The van der Waals surface area contributed by atoms with Crippen molar-refractivity contribution in [2.75, 3.05) is 13.7 Å². The maximum absolute atomic E-state index is 12.3. The number of carbonyl (C=O) groups excluding carboxylic acids is 1. The molecule has 1 heterocycles. The molecule has 0 atom stereocenters. The van der Waals surface area contributed by atoms with Gasteiger partial charge in [-0.05, 0) is 48.7 Å². The van der Waals surface area contributed by atoms with Crippen molar-refractivity contribution >= 4 is 16.9 Å². The van der Waals surface area contributed by atoms with Crippen LogP contribution in [0.4, 0.5) is 0 Å². The molecule has 1 aromatic heterocycles. The molecule has 0 aliphatic rings. The van der Waals surface area contributed by atoms with Gasteiger partial charge in [-0.1, -0.05) is 54.1 Å². The number of para-hydroxylation sites is 2. The van der Waals surface area contributed by atoms with Crippen LogP contribution in [-0.2, 0) is 24.2 Å². The van der Waals surface area contributed by atoms with Gasteiger partial charge in [0.05, 0.1) is 24.6 Å². The Labute approximate surface area is 189 Å². The molecule has 0 aliphatic heterocycles. The summed E-state index contributed by atoms with van der Waals surface area (Å²) in [6.45, 7) is 3.52. The molecule has 1 amide bonds. The second kappa shape index (κ2) is 10.1. The molecule has 0 spiro atoms. The molecule has 3 aromatic carbocycles. The Bertz CT molecular complexity index is 1180. The van der Waals surface area contributed by atoms with Crippen LogP contribution in [0.5, 0.6) is 5.75 Å². The van der Waals surface area contributed by atoms with E-state index in [-0.39, 0.29) is 5.91 Å². The number of carbonyl (C=O) groups is 1. The van der Waals surface area contributed by atoms with Crippen LogP contribution >= 0.6 is 0 Å². The summed E-state index contributed by atoms with van der Waals surface area (Å²) in [5.41, 5.74) is 5.65. The second-order valence-corrected chi connectivity index (χ2v) is 8.07. The summed E-state index contributed by atoms with van der Waals surface area (Å²) in [6, 6.07) is 24.5. The van der Waals surface area contributed by atoms with Crippen LogP contribution in [0.3, 0.4) is 0 Å². The molecule has 32 heavy (non-hydrogen) atoms. The Morgan fingerprint density at radius 3 is 2.44 bits per heavy atom. The van der Waals surface area contributed by atoms with Gasteiger partial charge in [0.2, 0.25) is 5.91 Å². The molecule has 5 heteroatoms. The first-order chi connectivity index (χ1) is 15.6. The van der Waals surface area contributed by atoms with Crippen LogP contribution in [-0.4, -0.2) is 29.1 Å². The molecule has 0 saturated heterocycles. The first kappa shape index (κ1) is 21.6. The molecule has 4 aromatic rings. The number of hydrogen-bond donors (Lipinski definition) is 1. The molecule has 0 radical (unpaired) electrons. The molecule has 1 N–H and O–H groups in total. The monoisotopic (exact) mass is 427 g/mol. The van der Waals surface area contributed by atoms with E-state index in [9.17, 15) is 4.79 Å². The molecule has 4 rings (SSSR count). The smallest absolute Gasteiger partial charge is 0.224 e. The van der Waals surface area contributed by atoms with Crippen molar-refractivity contribution in [2.45, 2.75) is 32.7 Å². The second-order valence-electron chi connectivity index (χ2n) is 8.07. The maximum atomic E-state index is 12.3. The van der Waals surface area contributed by atoms with E-state index in [1.165, 1.54) is 11.1 Å². The quantitative estimate of drug-likeness (QED) is 0.394. The first-order valence-electron chi connectivity index (χ1n) is 11.0. The normalized spacial score (nSPS) is 10.9. The summed E-state index contributed by atoms with van der Waals surface area (Å²) in [5.74, 6) is 1.88. The highest BCUT2D eigenvalue weighted by molar-refractivity contribution is 5.78. The average molecular weight is 428 g/mol. The lowest BCUT2D eigenvalue weighted by atomic mass is 10.1. The van der Waals surface area contributed by atoms with Gasteiger partial charge in [-0.2, -0.15) is 0 Å². The number of ether oxygens (including phenoxy) is 1. The van der Waals surface area contributed by atoms with Gasteiger partial charge < -0.3 is 14.6 Å². The van der Waals surface area contributed by atoms with Crippen LogP contribution in [0.25, 0.3) is 11.0 Å². The molecule has 0 bridgehead atoms. The Kier molecular flexibility index (Phi) is 6.85. The summed E-state index contributed by atoms with van der Waals surface area (Å²) < 4.78 is 7.45. The third-order valence-corrected chi connectivity index (χ3v) is 5.62. The van der Waals surface area contributed by atoms with Crippen molar-refractivity contribution in [3.63, 3.8) is 0 Å². The predicted octanol–water partition coefficient (Wildman–Crippen LogP) is 4.69. The van der Waals surface area contributed by atoms with Crippen LogP contribution in [0.1, 0.15) is 28.9 Å². The number of benzene rings is 3. The van der Waals surface area contributed by atoms with E-state index in [1.807, 2.05) is 30.3 Å². The van der Waals surface area contributed by atoms with Crippen LogP contribution < -0.4 is 10.1 Å². The van der Waals surface area contributed by atoms with Crippen molar-refractivity contribution in [1.82, 2.24) is 14.9 Å². The molecular formula is C27H29N3O2. The Hall–Kier alpha value is -3.60. The third-order valence-electron chi connectivity index (χ3n) is 5.62. The van der Waals surface area contributed by atoms with E-state index < -0.39 is 0 Å². The minimum atomic E-state index is 0.0309. The topological polar surface area (TPSA) is 56.1 Å². The van der Waals surface area contributed by atoms with Crippen molar-refractivity contribution in [1.29, 1.82) is 0 Å². The van der Waals surface area contributed by atoms with E-state index in [0.717, 1.165) is 47.6 Å². The molecular weight excluding hydrogens is 398 g/mol. The lowest BCUT2D eigenvalue weighted by molar-refractivity contribution is -0.120. The fraction of sp³-hybridized carbons (Fsp3) is 0.259. The van der Waals surface area contributed by atoms with E-state index >= 15 is 0 Å². The van der Waals surface area contributed by atoms with Crippen LogP contribution in [0.15, 0.2) is 72.8 Å². The highest BCUT2D eigenvalue weighted by Gasteiger charge is 2.11. The van der Waals surface area contributed by atoms with Gasteiger partial charge in [0, 0.05) is 19.5 Å². The van der Waals surface area contributed by atoms with Crippen molar-refractivity contribution < 1.29 is 9.53 Å². The number of imidazole rings is 1. The zero-order valence-electron chi connectivity index (χ0n) is 18.7. The van der Waals surface area contributed by atoms with Crippen molar-refractivity contribution in [2.24, 2.45) is 0 Å².